The van der Waals surface area contributed by atoms with Crippen molar-refractivity contribution in [3.05, 3.63) is 47.1 Å². The number of alkyl halides is 3. The molecule has 7 heteroatoms. The smallest absolute Gasteiger partial charge is 0.406 e. The lowest BCUT2D eigenvalue weighted by molar-refractivity contribution is -0.274. The van der Waals surface area contributed by atoms with Crippen LogP contribution < -0.4 is 4.74 Å². The Morgan fingerprint density at radius 1 is 1.24 bits per heavy atom. The monoisotopic (exact) mass is 312 g/mol. The molecular weight excluding hydrogens is 305 g/mol. The zero-order valence-corrected chi connectivity index (χ0v) is 11.2. The molecule has 1 heterocycles. The summed E-state index contributed by atoms with van der Waals surface area (Å²) in [6.07, 6.45) is -4.69. The summed E-state index contributed by atoms with van der Waals surface area (Å²) in [7, 11) is 0. The van der Waals surface area contributed by atoms with Crippen molar-refractivity contribution in [2.75, 3.05) is 0 Å². The molecule has 0 aliphatic heterocycles. The zero-order chi connectivity index (χ0) is 15.5. The molecule has 0 amide bonds. The normalized spacial score (nSPS) is 11.0. The predicted molar refractivity (Wildman–Crippen MR) is 70.7 cm³/mol. The fourth-order valence-electron chi connectivity index (χ4n) is 1.78. The van der Waals surface area contributed by atoms with Gasteiger partial charge in [0, 0.05) is 5.56 Å². The second-order valence-electron chi connectivity index (χ2n) is 4.05. The fourth-order valence-corrected chi connectivity index (χ4v) is 1.93. The molecule has 0 fully saturated rings. The largest absolute Gasteiger partial charge is 0.573 e. The quantitative estimate of drug-likeness (QED) is 0.791. The molecule has 0 bridgehead atoms. The Morgan fingerprint density at radius 3 is 2.67 bits per heavy atom. The molecule has 3 nitrogen and oxygen atoms in total. The van der Waals surface area contributed by atoms with Gasteiger partial charge >= 0.3 is 6.36 Å². The van der Waals surface area contributed by atoms with Crippen LogP contribution >= 0.6 is 11.6 Å². The van der Waals surface area contributed by atoms with Gasteiger partial charge in [-0.2, -0.15) is 5.26 Å². The molecule has 0 saturated heterocycles. The Bertz CT molecular complexity index is 695. The summed E-state index contributed by atoms with van der Waals surface area (Å²) in [4.78, 5) is 4.08. The first-order valence-corrected chi connectivity index (χ1v) is 6.15. The van der Waals surface area contributed by atoms with Gasteiger partial charge in [-0.3, -0.25) is 0 Å². The van der Waals surface area contributed by atoms with Crippen molar-refractivity contribution in [2.45, 2.75) is 12.8 Å². The molecule has 0 radical (unpaired) electrons. The van der Waals surface area contributed by atoms with E-state index in [2.05, 4.69) is 9.72 Å². The first kappa shape index (κ1) is 15.1. The van der Waals surface area contributed by atoms with Crippen LogP contribution in [0.3, 0.4) is 0 Å². The predicted octanol–water partition coefficient (Wildman–Crippen LogP) is 4.37. The van der Waals surface area contributed by atoms with E-state index in [0.717, 1.165) is 0 Å². The molecule has 0 atom stereocenters. The van der Waals surface area contributed by atoms with Gasteiger partial charge in [-0.25, -0.2) is 4.98 Å². The van der Waals surface area contributed by atoms with E-state index in [-0.39, 0.29) is 17.3 Å². The van der Waals surface area contributed by atoms with Crippen LogP contribution in [0.5, 0.6) is 5.75 Å². The molecule has 0 saturated carbocycles. The van der Waals surface area contributed by atoms with Crippen LogP contribution in [0.4, 0.5) is 13.2 Å². The van der Waals surface area contributed by atoms with E-state index < -0.39 is 6.36 Å². The van der Waals surface area contributed by atoms with E-state index in [1.165, 1.54) is 24.3 Å². The Kier molecular flexibility index (Phi) is 4.34. The van der Waals surface area contributed by atoms with Gasteiger partial charge in [-0.15, -0.1) is 13.2 Å². The van der Waals surface area contributed by atoms with Gasteiger partial charge in [-0.1, -0.05) is 29.8 Å². The molecule has 0 aliphatic carbocycles. The third kappa shape index (κ3) is 4.10. The molecule has 0 aliphatic rings. The van der Waals surface area contributed by atoms with Crippen LogP contribution in [0.2, 0.25) is 5.15 Å². The second kappa shape index (κ2) is 6.02. The van der Waals surface area contributed by atoms with Gasteiger partial charge in [0.25, 0.3) is 0 Å². The Morgan fingerprint density at radius 2 is 2.00 bits per heavy atom. The standard InChI is InChI=1S/C14H8ClF3N2O/c15-12-5-4-9(6-7-19)13(20-12)10-2-1-3-11(8-10)21-14(16,17)18/h1-5,8H,6H2. The van der Waals surface area contributed by atoms with E-state index in [4.69, 9.17) is 16.9 Å². The van der Waals surface area contributed by atoms with Crippen LogP contribution in [-0.2, 0) is 6.42 Å². The maximum absolute atomic E-state index is 12.2. The third-order valence-corrected chi connectivity index (χ3v) is 2.77. The minimum Gasteiger partial charge on any atom is -0.406 e. The summed E-state index contributed by atoms with van der Waals surface area (Å²) in [5, 5.41) is 8.97. The number of hydrogen-bond donors (Lipinski definition) is 0. The summed E-state index contributed by atoms with van der Waals surface area (Å²) in [5.41, 5.74) is 1.33. The summed E-state index contributed by atoms with van der Waals surface area (Å²) in [6, 6.07) is 10.5. The maximum Gasteiger partial charge on any atom is 0.573 e. The molecule has 0 spiro atoms. The molecule has 1 aromatic carbocycles. The Labute approximate surface area is 123 Å². The van der Waals surface area contributed by atoms with Crippen LogP contribution in [0.25, 0.3) is 11.3 Å². The van der Waals surface area contributed by atoms with Crippen molar-refractivity contribution >= 4 is 11.6 Å². The van der Waals surface area contributed by atoms with Gasteiger partial charge < -0.3 is 4.74 Å². The molecule has 108 valence electrons. The molecule has 1 aromatic heterocycles. The van der Waals surface area contributed by atoms with Crippen molar-refractivity contribution in [1.82, 2.24) is 4.98 Å². The SMILES string of the molecule is N#CCc1ccc(Cl)nc1-c1cccc(OC(F)(F)F)c1. The Hall–Kier alpha value is -2.26. The number of rotatable bonds is 3. The highest BCUT2D eigenvalue weighted by Gasteiger charge is 2.31. The highest BCUT2D eigenvalue weighted by atomic mass is 35.5. The van der Waals surface area contributed by atoms with Crippen LogP contribution in [0.1, 0.15) is 5.56 Å². The number of nitriles is 1. The maximum atomic E-state index is 12.2. The molecule has 0 unspecified atom stereocenters. The lowest BCUT2D eigenvalue weighted by Gasteiger charge is -2.11. The number of pyridine rings is 1. The first-order chi connectivity index (χ1) is 9.89. The molecule has 2 rings (SSSR count). The molecule has 2 aromatic rings. The summed E-state index contributed by atoms with van der Waals surface area (Å²) in [6.45, 7) is 0. The van der Waals surface area contributed by atoms with Crippen molar-refractivity contribution in [3.63, 3.8) is 0 Å². The van der Waals surface area contributed by atoms with Gasteiger partial charge in [-0.05, 0) is 23.8 Å². The number of halogens is 4. The Balaban J connectivity index is 2.45. The van der Waals surface area contributed by atoms with Crippen molar-refractivity contribution in [3.8, 4) is 23.1 Å². The van der Waals surface area contributed by atoms with E-state index in [1.54, 1.807) is 12.1 Å². The minimum absolute atomic E-state index is 0.0733. The van der Waals surface area contributed by atoms with Crippen molar-refractivity contribution < 1.29 is 17.9 Å². The number of nitrogens with zero attached hydrogens (tertiary/aromatic N) is 2. The summed E-state index contributed by atoms with van der Waals surface area (Å²) >= 11 is 5.81. The lowest BCUT2D eigenvalue weighted by atomic mass is 10.0. The third-order valence-electron chi connectivity index (χ3n) is 2.56. The number of aromatic nitrogens is 1. The topological polar surface area (TPSA) is 45.9 Å². The van der Waals surface area contributed by atoms with E-state index in [1.807, 2.05) is 6.07 Å². The second-order valence-corrected chi connectivity index (χ2v) is 4.44. The highest BCUT2D eigenvalue weighted by Crippen LogP contribution is 2.29. The molecule has 0 N–H and O–H groups in total. The number of benzene rings is 1. The highest BCUT2D eigenvalue weighted by molar-refractivity contribution is 6.29. The van der Waals surface area contributed by atoms with Crippen LogP contribution in [0, 0.1) is 11.3 Å². The van der Waals surface area contributed by atoms with Gasteiger partial charge in [0.05, 0.1) is 18.2 Å². The molecular formula is C14H8ClF3N2O. The van der Waals surface area contributed by atoms with Crippen LogP contribution in [0.15, 0.2) is 36.4 Å². The lowest BCUT2D eigenvalue weighted by Crippen LogP contribution is -2.17. The average molecular weight is 313 g/mol. The first-order valence-electron chi connectivity index (χ1n) is 5.77. The number of ether oxygens (including phenoxy) is 1. The number of hydrogen-bond acceptors (Lipinski definition) is 3. The summed E-state index contributed by atoms with van der Waals surface area (Å²) in [5.74, 6) is -0.357. The minimum atomic E-state index is -4.77. The average Bonchev–Trinajstić information content (AvgIpc) is 2.39. The van der Waals surface area contributed by atoms with Crippen molar-refractivity contribution in [1.29, 1.82) is 5.26 Å². The van der Waals surface area contributed by atoms with E-state index in [0.29, 0.717) is 16.8 Å². The van der Waals surface area contributed by atoms with Gasteiger partial charge in [0.15, 0.2) is 0 Å². The van der Waals surface area contributed by atoms with Gasteiger partial charge in [0.1, 0.15) is 10.9 Å². The zero-order valence-electron chi connectivity index (χ0n) is 10.5. The van der Waals surface area contributed by atoms with E-state index in [9.17, 15) is 13.2 Å². The van der Waals surface area contributed by atoms with Crippen molar-refractivity contribution in [2.24, 2.45) is 0 Å². The molecule has 21 heavy (non-hydrogen) atoms. The van der Waals surface area contributed by atoms with E-state index >= 15 is 0 Å². The van der Waals surface area contributed by atoms with Crippen LogP contribution in [-0.4, -0.2) is 11.3 Å². The fraction of sp³-hybridized carbons (Fsp3) is 0.143. The van der Waals surface area contributed by atoms with Gasteiger partial charge in [0.2, 0.25) is 0 Å². The summed E-state index contributed by atoms with van der Waals surface area (Å²) < 4.78 is 40.6.